The molecule has 3 heterocycles. The number of carbonyl (C=O) groups is 1. The second kappa shape index (κ2) is 5.65. The van der Waals surface area contributed by atoms with Gasteiger partial charge in [-0.3, -0.25) is 4.79 Å². The first-order valence-corrected chi connectivity index (χ1v) is 8.22. The maximum Gasteiger partial charge on any atom is 0.261 e. The summed E-state index contributed by atoms with van der Waals surface area (Å²) in [4.78, 5) is 25.7. The average Bonchev–Trinajstić information content (AvgIpc) is 3.21. The molecule has 1 saturated heterocycles. The predicted molar refractivity (Wildman–Crippen MR) is 89.9 cm³/mol. The minimum absolute atomic E-state index is 0.0181. The number of para-hydroxylation sites is 1. The minimum atomic E-state index is -0.0181. The molecule has 1 aromatic heterocycles. The molecule has 0 bridgehead atoms. The van der Waals surface area contributed by atoms with Crippen LogP contribution in [-0.2, 0) is 6.42 Å². The smallest absolute Gasteiger partial charge is 0.261 e. The first-order valence-electron chi connectivity index (χ1n) is 8.22. The van der Waals surface area contributed by atoms with Crippen molar-refractivity contribution in [3.63, 3.8) is 0 Å². The highest BCUT2D eigenvalue weighted by atomic mass is 16.2. The molecule has 1 unspecified atom stereocenters. The van der Waals surface area contributed by atoms with E-state index in [0.717, 1.165) is 31.1 Å². The third-order valence-electron chi connectivity index (χ3n) is 4.70. The van der Waals surface area contributed by atoms with Gasteiger partial charge in [0.05, 0.1) is 5.56 Å². The Morgan fingerprint density at radius 1 is 1.13 bits per heavy atom. The van der Waals surface area contributed by atoms with E-state index in [4.69, 9.17) is 0 Å². The fourth-order valence-corrected chi connectivity index (χ4v) is 3.53. The van der Waals surface area contributed by atoms with Crippen LogP contribution in [0.25, 0.3) is 0 Å². The van der Waals surface area contributed by atoms with E-state index in [1.807, 2.05) is 23.1 Å². The van der Waals surface area contributed by atoms with E-state index >= 15 is 0 Å². The van der Waals surface area contributed by atoms with E-state index < -0.39 is 0 Å². The maximum atomic E-state index is 12.9. The first-order chi connectivity index (χ1) is 11.2. The van der Waals surface area contributed by atoms with Gasteiger partial charge in [0.1, 0.15) is 0 Å². The summed E-state index contributed by atoms with van der Waals surface area (Å²) in [6.45, 7) is 4.09. The van der Waals surface area contributed by atoms with Gasteiger partial charge in [-0.05, 0) is 37.8 Å². The number of benzene rings is 1. The summed E-state index contributed by atoms with van der Waals surface area (Å²) >= 11 is 0. The van der Waals surface area contributed by atoms with Gasteiger partial charge >= 0.3 is 0 Å². The third-order valence-corrected chi connectivity index (χ3v) is 4.70. The van der Waals surface area contributed by atoms with Crippen LogP contribution in [0.15, 0.2) is 36.7 Å². The van der Waals surface area contributed by atoms with Gasteiger partial charge in [0, 0.05) is 37.2 Å². The summed E-state index contributed by atoms with van der Waals surface area (Å²) in [5, 5.41) is 0. The Kier molecular flexibility index (Phi) is 3.48. The Hall–Kier alpha value is -2.43. The summed E-state index contributed by atoms with van der Waals surface area (Å²) in [5.74, 6) is 0.712. The summed E-state index contributed by atoms with van der Waals surface area (Å²) in [6, 6.07) is 8.26. The van der Waals surface area contributed by atoms with Crippen LogP contribution < -0.4 is 9.80 Å². The van der Waals surface area contributed by atoms with Crippen molar-refractivity contribution in [3.05, 3.63) is 47.8 Å². The summed E-state index contributed by atoms with van der Waals surface area (Å²) < 4.78 is 0. The molecule has 23 heavy (non-hydrogen) atoms. The number of fused-ring (bicyclic) bond motifs is 1. The zero-order valence-electron chi connectivity index (χ0n) is 13.3. The number of rotatable bonds is 2. The molecule has 5 nitrogen and oxygen atoms in total. The van der Waals surface area contributed by atoms with Gasteiger partial charge in [0.15, 0.2) is 0 Å². The van der Waals surface area contributed by atoms with Gasteiger partial charge in [0.2, 0.25) is 5.95 Å². The number of aromatic nitrogens is 2. The second-order valence-electron chi connectivity index (χ2n) is 6.32. The molecule has 1 fully saturated rings. The van der Waals surface area contributed by atoms with Crippen molar-refractivity contribution in [1.82, 2.24) is 9.97 Å². The fourth-order valence-electron chi connectivity index (χ4n) is 3.53. The molecule has 0 saturated carbocycles. The third kappa shape index (κ3) is 2.46. The van der Waals surface area contributed by atoms with E-state index in [1.165, 1.54) is 18.4 Å². The largest absolute Gasteiger partial charge is 0.341 e. The molecule has 2 aliphatic heterocycles. The number of hydrogen-bond donors (Lipinski definition) is 0. The first kappa shape index (κ1) is 14.2. The molecule has 2 aliphatic rings. The topological polar surface area (TPSA) is 49.3 Å². The predicted octanol–water partition coefficient (Wildman–Crippen LogP) is 2.67. The summed E-state index contributed by atoms with van der Waals surface area (Å²) in [5.41, 5.74) is 2.79. The van der Waals surface area contributed by atoms with Crippen LogP contribution in [0.3, 0.4) is 0 Å². The Bertz CT molecular complexity index is 722. The average molecular weight is 308 g/mol. The molecule has 4 rings (SSSR count). The van der Waals surface area contributed by atoms with Gasteiger partial charge < -0.3 is 9.80 Å². The summed E-state index contributed by atoms with van der Waals surface area (Å²) in [7, 11) is 0. The molecule has 1 amide bonds. The molecule has 1 aromatic carbocycles. The lowest BCUT2D eigenvalue weighted by molar-refractivity contribution is 0.0981. The Morgan fingerprint density at radius 3 is 2.57 bits per heavy atom. The van der Waals surface area contributed by atoms with E-state index in [1.54, 1.807) is 12.4 Å². The Labute approximate surface area is 136 Å². The Balaban J connectivity index is 1.59. The fraction of sp³-hybridized carbons (Fsp3) is 0.389. The van der Waals surface area contributed by atoms with Crippen LogP contribution >= 0.6 is 0 Å². The number of hydrogen-bond acceptors (Lipinski definition) is 4. The van der Waals surface area contributed by atoms with Crippen LogP contribution in [-0.4, -0.2) is 35.0 Å². The molecule has 5 heteroatoms. The molecule has 118 valence electrons. The SMILES string of the molecule is CC1Cc2ccccc2N1C(=O)c1cnc(N2CCCC2)nc1. The van der Waals surface area contributed by atoms with Crippen molar-refractivity contribution >= 4 is 17.5 Å². The maximum absolute atomic E-state index is 12.9. The molecule has 0 aliphatic carbocycles. The molecular formula is C18H20N4O. The molecule has 0 spiro atoms. The van der Waals surface area contributed by atoms with Crippen molar-refractivity contribution in [2.24, 2.45) is 0 Å². The van der Waals surface area contributed by atoms with E-state index in [-0.39, 0.29) is 11.9 Å². The minimum Gasteiger partial charge on any atom is -0.341 e. The van der Waals surface area contributed by atoms with Crippen molar-refractivity contribution in [2.75, 3.05) is 22.9 Å². The van der Waals surface area contributed by atoms with Crippen LogP contribution in [0.1, 0.15) is 35.7 Å². The van der Waals surface area contributed by atoms with Crippen molar-refractivity contribution < 1.29 is 4.79 Å². The van der Waals surface area contributed by atoms with Crippen molar-refractivity contribution in [3.8, 4) is 0 Å². The highest BCUT2D eigenvalue weighted by molar-refractivity contribution is 6.07. The van der Waals surface area contributed by atoms with Crippen LogP contribution in [0.4, 0.5) is 11.6 Å². The molecule has 2 aromatic rings. The van der Waals surface area contributed by atoms with Crippen molar-refractivity contribution in [1.29, 1.82) is 0 Å². The van der Waals surface area contributed by atoms with Gasteiger partial charge in [-0.1, -0.05) is 18.2 Å². The number of carbonyl (C=O) groups excluding carboxylic acids is 1. The van der Waals surface area contributed by atoms with Gasteiger partial charge in [0.25, 0.3) is 5.91 Å². The number of amides is 1. The summed E-state index contributed by atoms with van der Waals surface area (Å²) in [6.07, 6.45) is 6.60. The van der Waals surface area contributed by atoms with Gasteiger partial charge in [-0.15, -0.1) is 0 Å². The van der Waals surface area contributed by atoms with Crippen LogP contribution in [0.5, 0.6) is 0 Å². The van der Waals surface area contributed by atoms with Gasteiger partial charge in [-0.2, -0.15) is 0 Å². The van der Waals surface area contributed by atoms with E-state index in [9.17, 15) is 4.79 Å². The van der Waals surface area contributed by atoms with Crippen LogP contribution in [0.2, 0.25) is 0 Å². The monoisotopic (exact) mass is 308 g/mol. The molecule has 0 N–H and O–H groups in total. The Morgan fingerprint density at radius 2 is 1.83 bits per heavy atom. The molecular weight excluding hydrogens is 288 g/mol. The highest BCUT2D eigenvalue weighted by Crippen LogP contribution is 2.32. The van der Waals surface area contributed by atoms with Crippen LogP contribution in [0, 0.1) is 0 Å². The van der Waals surface area contributed by atoms with Gasteiger partial charge in [-0.25, -0.2) is 9.97 Å². The van der Waals surface area contributed by atoms with E-state index in [2.05, 4.69) is 27.9 Å². The lowest BCUT2D eigenvalue weighted by Crippen LogP contribution is -2.36. The quantitative estimate of drug-likeness (QED) is 0.856. The second-order valence-corrected chi connectivity index (χ2v) is 6.32. The highest BCUT2D eigenvalue weighted by Gasteiger charge is 2.31. The molecule has 0 radical (unpaired) electrons. The van der Waals surface area contributed by atoms with E-state index in [0.29, 0.717) is 5.56 Å². The lowest BCUT2D eigenvalue weighted by atomic mass is 10.1. The molecule has 1 atom stereocenters. The zero-order valence-corrected chi connectivity index (χ0v) is 13.3. The standard InChI is InChI=1S/C18H20N4O/c1-13-10-14-6-2-3-7-16(14)22(13)17(23)15-11-19-18(20-12-15)21-8-4-5-9-21/h2-3,6-7,11-13H,4-5,8-10H2,1H3. The normalized spacial score (nSPS) is 20.0. The zero-order chi connectivity index (χ0) is 15.8. The lowest BCUT2D eigenvalue weighted by Gasteiger charge is -2.23. The number of nitrogens with zero attached hydrogens (tertiary/aromatic N) is 4. The number of anilines is 2. The van der Waals surface area contributed by atoms with Crippen molar-refractivity contribution in [2.45, 2.75) is 32.2 Å².